The van der Waals surface area contributed by atoms with Crippen molar-refractivity contribution in [2.45, 2.75) is 12.5 Å². The first-order chi connectivity index (χ1) is 11.9. The summed E-state index contributed by atoms with van der Waals surface area (Å²) in [6.07, 6.45) is -2.84. The van der Waals surface area contributed by atoms with Crippen LogP contribution in [0.4, 0.5) is 24.7 Å². The third-order valence-electron chi connectivity index (χ3n) is 4.21. The van der Waals surface area contributed by atoms with Crippen LogP contribution in [0, 0.1) is 0 Å². The molecule has 0 saturated carbocycles. The SMILES string of the molecule is COC1CN(c2cc(C3=Nc4ccc(OC(F)(F)F)cc43)ccn2)C1. The van der Waals surface area contributed by atoms with Gasteiger partial charge in [-0.3, -0.25) is 0 Å². The minimum atomic E-state index is -4.71. The normalized spacial score (nSPS) is 16.6. The first-order valence-corrected chi connectivity index (χ1v) is 7.66. The number of rotatable bonds is 4. The van der Waals surface area contributed by atoms with Crippen LogP contribution >= 0.6 is 0 Å². The third-order valence-corrected chi connectivity index (χ3v) is 4.21. The van der Waals surface area contributed by atoms with Crippen LogP contribution in [-0.2, 0) is 4.74 Å². The molecule has 1 aromatic heterocycles. The Hall–Kier alpha value is -2.61. The number of anilines is 1. The van der Waals surface area contributed by atoms with E-state index < -0.39 is 6.36 Å². The molecule has 4 rings (SSSR count). The van der Waals surface area contributed by atoms with Gasteiger partial charge in [-0.15, -0.1) is 13.2 Å². The van der Waals surface area contributed by atoms with Crippen LogP contribution in [0.5, 0.6) is 5.75 Å². The minimum Gasteiger partial charge on any atom is -0.406 e. The first kappa shape index (κ1) is 15.9. The van der Waals surface area contributed by atoms with Gasteiger partial charge in [0.15, 0.2) is 0 Å². The largest absolute Gasteiger partial charge is 0.573 e. The van der Waals surface area contributed by atoms with E-state index in [2.05, 4.69) is 19.6 Å². The summed E-state index contributed by atoms with van der Waals surface area (Å²) in [5, 5.41) is 0. The summed E-state index contributed by atoms with van der Waals surface area (Å²) in [4.78, 5) is 10.8. The zero-order valence-corrected chi connectivity index (χ0v) is 13.2. The molecule has 3 heterocycles. The lowest BCUT2D eigenvalue weighted by Gasteiger charge is -2.39. The summed E-state index contributed by atoms with van der Waals surface area (Å²) in [6.45, 7) is 1.53. The number of aromatic nitrogens is 1. The monoisotopic (exact) mass is 349 g/mol. The topological polar surface area (TPSA) is 47.0 Å². The van der Waals surface area contributed by atoms with Crippen LogP contribution in [0.3, 0.4) is 0 Å². The van der Waals surface area contributed by atoms with Crippen LogP contribution in [0.25, 0.3) is 0 Å². The molecule has 2 aliphatic rings. The molecule has 0 unspecified atom stereocenters. The number of ether oxygens (including phenoxy) is 2. The van der Waals surface area contributed by atoms with E-state index >= 15 is 0 Å². The fourth-order valence-corrected chi connectivity index (χ4v) is 2.86. The lowest BCUT2D eigenvalue weighted by Crippen LogP contribution is -2.52. The molecule has 2 aliphatic heterocycles. The van der Waals surface area contributed by atoms with E-state index in [1.54, 1.807) is 19.4 Å². The van der Waals surface area contributed by atoms with E-state index in [1.807, 2.05) is 6.07 Å². The predicted octanol–water partition coefficient (Wildman–Crippen LogP) is 3.30. The summed E-state index contributed by atoms with van der Waals surface area (Å²) in [7, 11) is 1.67. The van der Waals surface area contributed by atoms with Gasteiger partial charge in [0, 0.05) is 37.5 Å². The van der Waals surface area contributed by atoms with Gasteiger partial charge in [0.25, 0.3) is 0 Å². The lowest BCUT2D eigenvalue weighted by atomic mass is 9.95. The Balaban J connectivity index is 1.55. The Morgan fingerprint density at radius 3 is 2.68 bits per heavy atom. The maximum atomic E-state index is 12.4. The lowest BCUT2D eigenvalue weighted by molar-refractivity contribution is -0.274. The Kier molecular flexibility index (Phi) is 3.64. The molecule has 25 heavy (non-hydrogen) atoms. The second-order valence-corrected chi connectivity index (χ2v) is 5.85. The molecule has 8 heteroatoms. The summed E-state index contributed by atoms with van der Waals surface area (Å²) in [6, 6.07) is 7.80. The van der Waals surface area contributed by atoms with Crippen molar-refractivity contribution in [1.82, 2.24) is 4.98 Å². The molecular weight excluding hydrogens is 335 g/mol. The van der Waals surface area contributed by atoms with Gasteiger partial charge >= 0.3 is 6.36 Å². The number of hydrogen-bond acceptors (Lipinski definition) is 5. The molecule has 0 N–H and O–H groups in total. The van der Waals surface area contributed by atoms with E-state index in [-0.39, 0.29) is 11.9 Å². The Morgan fingerprint density at radius 2 is 1.96 bits per heavy atom. The predicted molar refractivity (Wildman–Crippen MR) is 85.7 cm³/mol. The van der Waals surface area contributed by atoms with Gasteiger partial charge in [0.05, 0.1) is 17.5 Å². The maximum Gasteiger partial charge on any atom is 0.573 e. The fraction of sp³-hybridized carbons (Fsp3) is 0.294. The fourth-order valence-electron chi connectivity index (χ4n) is 2.86. The van der Waals surface area contributed by atoms with Crippen LogP contribution in [0.15, 0.2) is 41.5 Å². The molecule has 1 saturated heterocycles. The standard InChI is InChI=1S/C17H14F3N3O2/c1-24-12-8-23(9-12)15-6-10(4-5-21-15)16-13-7-11(25-17(18,19)20)2-3-14(13)22-16/h2-7,12H,8-9H2,1H3. The van der Waals surface area contributed by atoms with E-state index in [9.17, 15) is 13.2 Å². The van der Waals surface area contributed by atoms with Gasteiger partial charge < -0.3 is 14.4 Å². The number of fused-ring (bicyclic) bond motifs is 1. The number of nitrogens with zero attached hydrogens (tertiary/aromatic N) is 3. The molecule has 0 spiro atoms. The van der Waals surface area contributed by atoms with Crippen LogP contribution < -0.4 is 9.64 Å². The number of benzene rings is 1. The van der Waals surface area contributed by atoms with E-state index in [0.29, 0.717) is 17.0 Å². The summed E-state index contributed by atoms with van der Waals surface area (Å²) in [5.74, 6) is 0.545. The van der Waals surface area contributed by atoms with Crippen molar-refractivity contribution < 1.29 is 22.6 Å². The van der Waals surface area contributed by atoms with Crippen molar-refractivity contribution in [3.05, 3.63) is 47.7 Å². The Labute approximate surface area is 141 Å². The van der Waals surface area contributed by atoms with Gasteiger partial charge in [-0.1, -0.05) is 0 Å². The molecule has 0 bridgehead atoms. The minimum absolute atomic E-state index is 0.203. The van der Waals surface area contributed by atoms with Gasteiger partial charge in [0.2, 0.25) is 0 Å². The van der Waals surface area contributed by atoms with Crippen LogP contribution in [-0.4, -0.2) is 43.4 Å². The molecule has 0 radical (unpaired) electrons. The Bertz CT molecular complexity index is 845. The first-order valence-electron chi connectivity index (χ1n) is 7.66. The highest BCUT2D eigenvalue weighted by molar-refractivity contribution is 6.22. The van der Waals surface area contributed by atoms with Crippen LogP contribution in [0.2, 0.25) is 0 Å². The highest BCUT2D eigenvalue weighted by Crippen LogP contribution is 2.37. The van der Waals surface area contributed by atoms with Gasteiger partial charge in [-0.25, -0.2) is 9.98 Å². The summed E-state index contributed by atoms with van der Waals surface area (Å²) >= 11 is 0. The third kappa shape index (κ3) is 3.05. The molecule has 130 valence electrons. The second kappa shape index (κ2) is 5.73. The van der Waals surface area contributed by atoms with E-state index in [4.69, 9.17) is 4.74 Å². The van der Waals surface area contributed by atoms with Crippen molar-refractivity contribution in [2.24, 2.45) is 4.99 Å². The average Bonchev–Trinajstić information content (AvgIpc) is 2.48. The molecule has 0 atom stereocenters. The zero-order chi connectivity index (χ0) is 17.6. The van der Waals surface area contributed by atoms with Gasteiger partial charge in [0.1, 0.15) is 11.6 Å². The van der Waals surface area contributed by atoms with Crippen molar-refractivity contribution in [1.29, 1.82) is 0 Å². The van der Waals surface area contributed by atoms with E-state index in [0.717, 1.165) is 24.5 Å². The number of aliphatic imine (C=N–C) groups is 1. The van der Waals surface area contributed by atoms with Crippen molar-refractivity contribution >= 4 is 17.2 Å². The average molecular weight is 349 g/mol. The maximum absolute atomic E-state index is 12.4. The van der Waals surface area contributed by atoms with E-state index in [1.165, 1.54) is 18.2 Å². The quantitative estimate of drug-likeness (QED) is 0.725. The van der Waals surface area contributed by atoms with Gasteiger partial charge in [-0.05, 0) is 30.3 Å². The van der Waals surface area contributed by atoms with Gasteiger partial charge in [-0.2, -0.15) is 0 Å². The van der Waals surface area contributed by atoms with Crippen molar-refractivity contribution in [3.8, 4) is 5.75 Å². The Morgan fingerprint density at radius 1 is 1.16 bits per heavy atom. The number of alkyl halides is 3. The molecule has 5 nitrogen and oxygen atoms in total. The summed E-state index contributed by atoms with van der Waals surface area (Å²) in [5.41, 5.74) is 2.72. The number of methoxy groups -OCH3 is 1. The summed E-state index contributed by atoms with van der Waals surface area (Å²) < 4.78 is 46.4. The molecule has 0 aliphatic carbocycles. The zero-order valence-electron chi connectivity index (χ0n) is 13.2. The number of halogens is 3. The molecule has 0 amide bonds. The number of pyridine rings is 1. The molecular formula is C17H14F3N3O2. The second-order valence-electron chi connectivity index (χ2n) is 5.85. The highest BCUT2D eigenvalue weighted by Gasteiger charge is 2.32. The number of hydrogen-bond donors (Lipinski definition) is 0. The smallest absolute Gasteiger partial charge is 0.406 e. The molecule has 1 aromatic carbocycles. The van der Waals surface area contributed by atoms with Crippen molar-refractivity contribution in [2.75, 3.05) is 25.1 Å². The molecule has 2 aromatic rings. The molecule has 1 fully saturated rings. The van der Waals surface area contributed by atoms with Crippen molar-refractivity contribution in [3.63, 3.8) is 0 Å². The highest BCUT2D eigenvalue weighted by atomic mass is 19.4. The van der Waals surface area contributed by atoms with Crippen LogP contribution in [0.1, 0.15) is 11.1 Å².